The molecule has 0 saturated heterocycles. The molecule has 1 aromatic carbocycles. The number of fused-ring (bicyclic) bond motifs is 4. The molecule has 5 rings (SSSR count). The van der Waals surface area contributed by atoms with Crippen LogP contribution >= 0.6 is 0 Å². The Morgan fingerprint density at radius 2 is 1.87 bits per heavy atom. The SMILES string of the molecule is CN(C(=O)c1cc2cc(F)cnc2[nH]1)[C@H]1COCc2[nH]c(=O)c3cc(F)c(F)cc3c21. The highest BCUT2D eigenvalue weighted by molar-refractivity contribution is 5.98. The maximum atomic E-state index is 14.0. The van der Waals surface area contributed by atoms with Crippen molar-refractivity contribution in [2.75, 3.05) is 13.7 Å². The van der Waals surface area contributed by atoms with Gasteiger partial charge in [0.25, 0.3) is 11.5 Å². The van der Waals surface area contributed by atoms with Gasteiger partial charge in [-0.1, -0.05) is 0 Å². The number of nitrogens with one attached hydrogen (secondary N) is 2. The Kier molecular flexibility index (Phi) is 4.33. The number of nitrogens with zero attached hydrogens (tertiary/aromatic N) is 2. The minimum absolute atomic E-state index is 0.0179. The van der Waals surface area contributed by atoms with Gasteiger partial charge in [-0.3, -0.25) is 9.59 Å². The average Bonchev–Trinajstić information content (AvgIpc) is 3.17. The third-order valence-corrected chi connectivity index (χ3v) is 5.50. The van der Waals surface area contributed by atoms with E-state index >= 15 is 0 Å². The summed E-state index contributed by atoms with van der Waals surface area (Å²) in [6.07, 6.45) is 1.04. The van der Waals surface area contributed by atoms with Crippen molar-refractivity contribution in [3.63, 3.8) is 0 Å². The Hall–Kier alpha value is -3.66. The maximum Gasteiger partial charge on any atom is 0.270 e. The number of carbonyl (C=O) groups excluding carboxylic acids is 1. The van der Waals surface area contributed by atoms with Gasteiger partial charge < -0.3 is 19.6 Å². The molecule has 0 aliphatic carbocycles. The quantitative estimate of drug-likeness (QED) is 0.513. The molecule has 0 bridgehead atoms. The first-order valence-electron chi connectivity index (χ1n) is 9.36. The summed E-state index contributed by atoms with van der Waals surface area (Å²) in [5.74, 6) is -3.20. The van der Waals surface area contributed by atoms with Crippen molar-refractivity contribution < 1.29 is 22.7 Å². The number of halogens is 3. The predicted molar refractivity (Wildman–Crippen MR) is 105 cm³/mol. The van der Waals surface area contributed by atoms with Crippen LogP contribution in [0.3, 0.4) is 0 Å². The molecule has 0 fully saturated rings. The molecule has 0 radical (unpaired) electrons. The van der Waals surface area contributed by atoms with E-state index in [1.165, 1.54) is 24.1 Å². The van der Waals surface area contributed by atoms with Crippen LogP contribution in [0.4, 0.5) is 13.2 Å². The Morgan fingerprint density at radius 3 is 2.65 bits per heavy atom. The molecule has 1 aliphatic rings. The number of ether oxygens (including phenoxy) is 1. The summed E-state index contributed by atoms with van der Waals surface area (Å²) in [6.45, 7) is 0.149. The Bertz CT molecular complexity index is 1430. The standard InChI is InChI=1S/C21H15F3N4O3/c1-28(21(30)15-3-9-2-10(22)6-25-19(9)26-15)17-8-31-7-16-18(17)11-4-13(23)14(24)5-12(11)20(29)27-16/h2-6,17H,7-8H2,1H3,(H,25,26)(H,27,29)/t17-/m0/s1. The summed E-state index contributed by atoms with van der Waals surface area (Å²) in [5, 5.41) is 0.631. The second-order valence-electron chi connectivity index (χ2n) is 7.38. The molecule has 7 nitrogen and oxygen atoms in total. The molecule has 31 heavy (non-hydrogen) atoms. The highest BCUT2D eigenvalue weighted by Crippen LogP contribution is 2.34. The Morgan fingerprint density at radius 1 is 1.13 bits per heavy atom. The normalized spacial score (nSPS) is 15.9. The molecule has 2 N–H and O–H groups in total. The maximum absolute atomic E-state index is 14.0. The highest BCUT2D eigenvalue weighted by Gasteiger charge is 2.32. The molecule has 0 unspecified atom stereocenters. The minimum atomic E-state index is -1.14. The van der Waals surface area contributed by atoms with Gasteiger partial charge in [-0.05, 0) is 29.7 Å². The number of likely N-dealkylation sites (N-methyl/N-ethyl adjacent to an activating group) is 1. The van der Waals surface area contributed by atoms with Crippen molar-refractivity contribution in [3.8, 4) is 0 Å². The zero-order valence-electron chi connectivity index (χ0n) is 16.1. The number of amides is 1. The van der Waals surface area contributed by atoms with Crippen LogP contribution in [-0.2, 0) is 11.3 Å². The number of carbonyl (C=O) groups is 1. The Balaban J connectivity index is 1.61. The van der Waals surface area contributed by atoms with Gasteiger partial charge in [0.05, 0.1) is 30.8 Å². The first-order valence-corrected chi connectivity index (χ1v) is 9.36. The van der Waals surface area contributed by atoms with Crippen molar-refractivity contribution >= 4 is 27.7 Å². The third kappa shape index (κ3) is 3.07. The zero-order chi connectivity index (χ0) is 21.9. The number of rotatable bonds is 2. The molecule has 158 valence electrons. The van der Waals surface area contributed by atoms with E-state index < -0.39 is 35.0 Å². The lowest BCUT2D eigenvalue weighted by molar-refractivity contribution is 0.0333. The van der Waals surface area contributed by atoms with Crippen LogP contribution in [0.5, 0.6) is 0 Å². The molecule has 4 aromatic rings. The highest BCUT2D eigenvalue weighted by atomic mass is 19.2. The lowest BCUT2D eigenvalue weighted by Crippen LogP contribution is -2.37. The van der Waals surface area contributed by atoms with Gasteiger partial charge in [-0.25, -0.2) is 18.2 Å². The predicted octanol–water partition coefficient (Wildman–Crippen LogP) is 3.17. The van der Waals surface area contributed by atoms with Crippen molar-refractivity contribution in [1.29, 1.82) is 0 Å². The van der Waals surface area contributed by atoms with Crippen LogP contribution in [0.1, 0.15) is 27.8 Å². The van der Waals surface area contributed by atoms with E-state index in [9.17, 15) is 22.8 Å². The van der Waals surface area contributed by atoms with Crippen molar-refractivity contribution in [2.45, 2.75) is 12.6 Å². The van der Waals surface area contributed by atoms with Crippen molar-refractivity contribution in [1.82, 2.24) is 19.9 Å². The second kappa shape index (κ2) is 6.95. The molecule has 3 aromatic heterocycles. The molecule has 1 amide bonds. The number of pyridine rings is 2. The van der Waals surface area contributed by atoms with E-state index in [4.69, 9.17) is 4.74 Å². The third-order valence-electron chi connectivity index (χ3n) is 5.50. The average molecular weight is 428 g/mol. The van der Waals surface area contributed by atoms with Gasteiger partial charge in [0.2, 0.25) is 0 Å². The van der Waals surface area contributed by atoms with E-state index in [2.05, 4.69) is 15.0 Å². The monoisotopic (exact) mass is 428 g/mol. The fourth-order valence-electron chi connectivity index (χ4n) is 3.98. The van der Waals surface area contributed by atoms with Gasteiger partial charge in [0.1, 0.15) is 17.2 Å². The van der Waals surface area contributed by atoms with E-state index in [-0.39, 0.29) is 29.7 Å². The molecular formula is C21H15F3N4O3. The van der Waals surface area contributed by atoms with E-state index in [1.54, 1.807) is 0 Å². The summed E-state index contributed by atoms with van der Waals surface area (Å²) in [6, 6.07) is 3.86. The van der Waals surface area contributed by atoms with E-state index in [0.29, 0.717) is 22.3 Å². The van der Waals surface area contributed by atoms with Crippen LogP contribution in [0.15, 0.2) is 35.3 Å². The van der Waals surface area contributed by atoms with Crippen molar-refractivity contribution in [2.24, 2.45) is 0 Å². The fourth-order valence-corrected chi connectivity index (χ4v) is 3.98. The summed E-state index contributed by atoms with van der Waals surface area (Å²) < 4.78 is 46.7. The summed E-state index contributed by atoms with van der Waals surface area (Å²) in [7, 11) is 1.53. The number of H-pyrrole nitrogens is 2. The molecule has 0 spiro atoms. The van der Waals surface area contributed by atoms with E-state index in [0.717, 1.165) is 18.3 Å². The van der Waals surface area contributed by atoms with Crippen LogP contribution in [-0.4, -0.2) is 39.4 Å². The molecule has 4 heterocycles. The zero-order valence-corrected chi connectivity index (χ0v) is 16.1. The summed E-state index contributed by atoms with van der Waals surface area (Å²) in [5.41, 5.74) is 0.824. The summed E-state index contributed by atoms with van der Waals surface area (Å²) in [4.78, 5) is 36.3. The largest absolute Gasteiger partial charge is 0.373 e. The molecule has 0 saturated carbocycles. The van der Waals surface area contributed by atoms with Crippen molar-refractivity contribution in [3.05, 3.63) is 75.2 Å². The van der Waals surface area contributed by atoms with Crippen LogP contribution in [0.2, 0.25) is 0 Å². The first-order chi connectivity index (χ1) is 14.8. The van der Waals surface area contributed by atoms with Gasteiger partial charge >= 0.3 is 0 Å². The van der Waals surface area contributed by atoms with Crippen LogP contribution < -0.4 is 5.56 Å². The van der Waals surface area contributed by atoms with Crippen LogP contribution in [0, 0.1) is 17.5 Å². The number of hydrogen-bond acceptors (Lipinski definition) is 4. The smallest absolute Gasteiger partial charge is 0.270 e. The number of aromatic nitrogens is 3. The number of aromatic amines is 2. The van der Waals surface area contributed by atoms with Gasteiger partial charge in [-0.2, -0.15) is 0 Å². The lowest BCUT2D eigenvalue weighted by Gasteiger charge is -2.33. The van der Waals surface area contributed by atoms with E-state index in [1.807, 2.05) is 0 Å². The second-order valence-corrected chi connectivity index (χ2v) is 7.38. The number of hydrogen-bond donors (Lipinski definition) is 2. The first kappa shape index (κ1) is 19.3. The molecule has 1 atom stereocenters. The summed E-state index contributed by atoms with van der Waals surface area (Å²) >= 11 is 0. The van der Waals surface area contributed by atoms with Gasteiger partial charge in [-0.15, -0.1) is 0 Å². The molecular weight excluding hydrogens is 413 g/mol. The number of benzene rings is 1. The molecule has 1 aliphatic heterocycles. The lowest BCUT2D eigenvalue weighted by atomic mass is 9.95. The van der Waals surface area contributed by atoms with Gasteiger partial charge in [0, 0.05) is 23.7 Å². The van der Waals surface area contributed by atoms with Gasteiger partial charge in [0.15, 0.2) is 11.6 Å². The molecule has 10 heteroatoms. The minimum Gasteiger partial charge on any atom is -0.373 e. The Labute approximate surface area is 172 Å². The van der Waals surface area contributed by atoms with Crippen LogP contribution in [0.25, 0.3) is 21.8 Å². The topological polar surface area (TPSA) is 91.1 Å². The fraction of sp³-hybridized carbons (Fsp3) is 0.190.